The monoisotopic (exact) mass is 1440 g/mol. The summed E-state index contributed by atoms with van der Waals surface area (Å²) in [6.45, 7) is 12.5. The van der Waals surface area contributed by atoms with Crippen molar-refractivity contribution in [2.24, 2.45) is 10.9 Å². The number of amides is 9. The number of nitrogens with zero attached hydrogens (tertiary/aromatic N) is 5. The fourth-order valence-electron chi connectivity index (χ4n) is 11.3. The highest BCUT2D eigenvalue weighted by Crippen LogP contribution is 2.43. The lowest BCUT2D eigenvalue weighted by atomic mass is 10.1. The van der Waals surface area contributed by atoms with Crippen molar-refractivity contribution in [3.05, 3.63) is 88.8 Å². The number of anilines is 2. The van der Waals surface area contributed by atoms with Gasteiger partial charge in [-0.1, -0.05) is 30.2 Å². The van der Waals surface area contributed by atoms with Gasteiger partial charge in [-0.2, -0.15) is 0 Å². The van der Waals surface area contributed by atoms with E-state index in [9.17, 15) is 48.3 Å². The standard InChI is InChI=1S/C71H95N9O23/c1-46-34-52-41-73-55-39-60(58(91-5)37-53(55)68(87)78(52)43-46)101-16-7-17-102-61-40-56-54(38-59(61)92-6)69(88)79-44-47(2)35-57(79)70(89)80(56)71(90)103-45-50-8-10-51(11-9-50)76-66(85)49(4)75-64(83)42-74-63(82)13-18-93-20-22-95-24-26-97-28-30-99-32-33-100-31-29-98-27-25-96-23-21-94-19-14-72-62(81)12-15-77-65(84)36-48(3)67(77)86/h8-11,37-41,43-44,48-49,52,57,70,89H,7,12-36,42,45H2,1-6H3,(H,72,81)(H,74,82)(H,75,83)(H,76,85)/t48?,49-,52?,57-,70-/m0/s1. The molecule has 5 aliphatic heterocycles. The second-order valence-corrected chi connectivity index (χ2v) is 24.6. The molecule has 562 valence electrons. The quantitative estimate of drug-likeness (QED) is 0.0395. The third-order valence-corrected chi connectivity index (χ3v) is 16.7. The van der Waals surface area contributed by atoms with E-state index in [1.54, 1.807) is 60.6 Å². The minimum atomic E-state index is -1.54. The maximum atomic E-state index is 14.2. The number of rotatable bonds is 45. The van der Waals surface area contributed by atoms with E-state index in [1.165, 1.54) is 38.2 Å². The van der Waals surface area contributed by atoms with Crippen molar-refractivity contribution in [1.29, 1.82) is 0 Å². The predicted octanol–water partition coefficient (Wildman–Crippen LogP) is 3.96. The first-order valence-electron chi connectivity index (χ1n) is 34.4. The molecule has 1 saturated heterocycles. The minimum absolute atomic E-state index is 0.00573. The lowest BCUT2D eigenvalue weighted by Crippen LogP contribution is -2.50. The van der Waals surface area contributed by atoms with E-state index in [0.29, 0.717) is 139 Å². The Morgan fingerprint density at radius 2 is 1.14 bits per heavy atom. The Balaban J connectivity index is 0.627. The van der Waals surface area contributed by atoms with Gasteiger partial charge in [0.25, 0.3) is 11.8 Å². The summed E-state index contributed by atoms with van der Waals surface area (Å²) in [4.78, 5) is 126. The van der Waals surface area contributed by atoms with Gasteiger partial charge in [-0.3, -0.25) is 48.2 Å². The summed E-state index contributed by atoms with van der Waals surface area (Å²) in [5, 5.41) is 22.4. The van der Waals surface area contributed by atoms with Crippen molar-refractivity contribution in [1.82, 2.24) is 30.7 Å². The number of fused-ring (bicyclic) bond motifs is 4. The molecule has 5 N–H and O–H groups in total. The zero-order valence-electron chi connectivity index (χ0n) is 59.2. The number of benzene rings is 3. The van der Waals surface area contributed by atoms with E-state index in [4.69, 9.17) is 61.6 Å². The first kappa shape index (κ1) is 79.6. The average Bonchev–Trinajstić information content (AvgIpc) is 1.63. The molecular formula is C71H95N9O23. The lowest BCUT2D eigenvalue weighted by molar-refractivity contribution is -0.139. The molecule has 0 radical (unpaired) electrons. The Bertz CT molecular complexity index is 3500. The van der Waals surface area contributed by atoms with Crippen LogP contribution in [-0.2, 0) is 78.0 Å². The van der Waals surface area contributed by atoms with Gasteiger partial charge in [0.05, 0.1) is 174 Å². The molecule has 5 heterocycles. The van der Waals surface area contributed by atoms with E-state index in [0.717, 1.165) is 20.9 Å². The molecule has 1 fully saturated rings. The predicted molar refractivity (Wildman–Crippen MR) is 370 cm³/mol. The molecule has 0 aromatic heterocycles. The number of likely N-dealkylation sites (tertiary alicyclic amines) is 1. The van der Waals surface area contributed by atoms with E-state index >= 15 is 0 Å². The van der Waals surface area contributed by atoms with Crippen LogP contribution in [0.2, 0.25) is 0 Å². The zero-order chi connectivity index (χ0) is 73.6. The van der Waals surface area contributed by atoms with Gasteiger partial charge in [0, 0.05) is 81.1 Å². The topological polar surface area (TPSA) is 367 Å². The van der Waals surface area contributed by atoms with Gasteiger partial charge >= 0.3 is 6.09 Å². The molecule has 0 aliphatic carbocycles. The lowest BCUT2D eigenvalue weighted by Gasteiger charge is -2.31. The zero-order valence-corrected chi connectivity index (χ0v) is 59.2. The van der Waals surface area contributed by atoms with Crippen molar-refractivity contribution in [2.75, 3.05) is 163 Å². The van der Waals surface area contributed by atoms with Gasteiger partial charge < -0.3 is 97.8 Å². The minimum Gasteiger partial charge on any atom is -0.493 e. The molecule has 0 saturated carbocycles. The number of hydrogen-bond donors (Lipinski definition) is 5. The van der Waals surface area contributed by atoms with Crippen LogP contribution in [0.1, 0.15) is 92.5 Å². The van der Waals surface area contributed by atoms with Gasteiger partial charge in [-0.25, -0.2) is 9.69 Å². The van der Waals surface area contributed by atoms with Crippen LogP contribution >= 0.6 is 0 Å². The first-order valence-corrected chi connectivity index (χ1v) is 34.4. The van der Waals surface area contributed by atoms with Gasteiger partial charge in [-0.05, 0) is 63.4 Å². The van der Waals surface area contributed by atoms with Crippen LogP contribution in [-0.4, -0.2) is 257 Å². The van der Waals surface area contributed by atoms with Gasteiger partial charge in [0.2, 0.25) is 35.4 Å². The van der Waals surface area contributed by atoms with Gasteiger partial charge in [0.1, 0.15) is 12.6 Å². The third kappa shape index (κ3) is 24.0. The van der Waals surface area contributed by atoms with E-state index in [-0.39, 0.29) is 137 Å². The molecule has 8 rings (SSSR count). The van der Waals surface area contributed by atoms with Crippen molar-refractivity contribution in [3.8, 4) is 23.0 Å². The summed E-state index contributed by atoms with van der Waals surface area (Å²) < 4.78 is 73.2. The van der Waals surface area contributed by atoms with Crippen LogP contribution in [0.15, 0.2) is 77.1 Å². The van der Waals surface area contributed by atoms with Gasteiger partial charge in [0.15, 0.2) is 29.2 Å². The summed E-state index contributed by atoms with van der Waals surface area (Å²) in [6.07, 6.45) is 4.32. The summed E-state index contributed by atoms with van der Waals surface area (Å²) in [5.74, 6) is -2.15. The normalized spacial score (nSPS) is 17.7. The third-order valence-electron chi connectivity index (χ3n) is 16.7. The Kier molecular flexibility index (Phi) is 31.9. The number of hydrogen-bond acceptors (Lipinski definition) is 24. The molecule has 0 spiro atoms. The highest BCUT2D eigenvalue weighted by atomic mass is 16.6. The van der Waals surface area contributed by atoms with Crippen LogP contribution in [0.5, 0.6) is 23.0 Å². The molecule has 5 aliphatic rings. The fourth-order valence-corrected chi connectivity index (χ4v) is 11.3. The van der Waals surface area contributed by atoms with Crippen LogP contribution in [0, 0.1) is 5.92 Å². The van der Waals surface area contributed by atoms with Crippen LogP contribution in [0.3, 0.4) is 0 Å². The second-order valence-electron chi connectivity index (χ2n) is 24.6. The van der Waals surface area contributed by atoms with Crippen molar-refractivity contribution < 1.29 is 110 Å². The molecule has 3 aromatic carbocycles. The Morgan fingerprint density at radius 3 is 1.72 bits per heavy atom. The van der Waals surface area contributed by atoms with E-state index in [1.807, 2.05) is 20.0 Å². The fraction of sp³-hybridized carbons (Fsp3) is 0.549. The summed E-state index contributed by atoms with van der Waals surface area (Å²) in [6, 6.07) is 10.6. The molecule has 3 aromatic rings. The largest absolute Gasteiger partial charge is 0.493 e. The number of methoxy groups -OCH3 is 2. The van der Waals surface area contributed by atoms with Crippen molar-refractivity contribution in [2.45, 2.75) is 97.2 Å². The van der Waals surface area contributed by atoms with E-state index < -0.39 is 48.0 Å². The maximum absolute atomic E-state index is 14.2. The molecule has 2 unspecified atom stereocenters. The number of ether oxygens (including phenoxy) is 13. The molecule has 9 amide bonds. The summed E-state index contributed by atoms with van der Waals surface area (Å²) in [5.41, 5.74) is 3.73. The summed E-state index contributed by atoms with van der Waals surface area (Å²) in [7, 11) is 2.90. The Labute approximate surface area is 597 Å². The van der Waals surface area contributed by atoms with Gasteiger partial charge in [-0.15, -0.1) is 0 Å². The van der Waals surface area contributed by atoms with Crippen molar-refractivity contribution in [3.63, 3.8) is 0 Å². The molecular weight excluding hydrogens is 1350 g/mol. The number of aliphatic imine (C=N–C) groups is 1. The number of carbonyl (C=O) groups is 9. The maximum Gasteiger partial charge on any atom is 0.416 e. The molecule has 103 heavy (non-hydrogen) atoms. The van der Waals surface area contributed by atoms with Crippen LogP contribution < -0.4 is 45.1 Å². The number of carbonyl (C=O) groups excluding carboxylic acids is 9. The SMILES string of the molecule is COc1cc2c(cc1OCCCOc1cc3c(cc1OC)C(=O)N1C=C(C)C[C@H]1[C@H](O)N3C(=O)OCc1ccc(NC(=O)[C@H](C)NC(=O)CNC(=O)CCOCCOCCOCCOCCOCCOCCOCCOCCNC(=O)CCN3C(=O)CC(C)C3=O)cc1)N=CC1CC(C)=CN1C2=O. The Morgan fingerprint density at radius 1 is 0.602 bits per heavy atom. The van der Waals surface area contributed by atoms with Crippen LogP contribution in [0.25, 0.3) is 0 Å². The highest BCUT2D eigenvalue weighted by Gasteiger charge is 2.45. The van der Waals surface area contributed by atoms with Crippen LogP contribution in [0.4, 0.5) is 21.9 Å². The Hall–Kier alpha value is -9.12. The van der Waals surface area contributed by atoms with E-state index in [2.05, 4.69) is 26.3 Å². The first-order chi connectivity index (χ1) is 49.8. The molecule has 5 atom stereocenters. The second kappa shape index (κ2) is 41.2. The number of aliphatic hydroxyl groups is 1. The summed E-state index contributed by atoms with van der Waals surface area (Å²) >= 11 is 0. The smallest absolute Gasteiger partial charge is 0.416 e. The highest BCUT2D eigenvalue weighted by molar-refractivity contribution is 6.07. The number of imide groups is 1. The molecule has 0 bridgehead atoms. The molecule has 32 heteroatoms. The number of nitrogens with one attached hydrogen (secondary N) is 4. The van der Waals surface area contributed by atoms with Crippen molar-refractivity contribution >= 4 is 76.6 Å². The molecule has 32 nitrogen and oxygen atoms in total. The average molecular weight is 1440 g/mol. The number of aliphatic hydroxyl groups excluding tert-OH is 1.